The molecule has 0 aliphatic carbocycles. The molecule has 0 heterocycles. The number of esters is 1. The van der Waals surface area contributed by atoms with Crippen LogP contribution in [0.4, 0.5) is 0 Å². The Bertz CT molecular complexity index is 1700. The summed E-state index contributed by atoms with van der Waals surface area (Å²) >= 11 is 0. The molecule has 9 nitrogen and oxygen atoms in total. The van der Waals surface area contributed by atoms with Gasteiger partial charge < -0.3 is 28.5 Å². The molecule has 448 valence electrons. The van der Waals surface area contributed by atoms with E-state index in [1.807, 2.05) is 39.4 Å². The first-order chi connectivity index (χ1) is 37.9. The Labute approximate surface area is 481 Å². The first kappa shape index (κ1) is 74.7. The molecule has 0 saturated heterocycles. The third-order valence-corrected chi connectivity index (χ3v) is 14.5. The van der Waals surface area contributed by atoms with E-state index in [2.05, 4.69) is 117 Å². The number of nitrogens with one attached hydrogen (secondary N) is 1. The number of ether oxygens (including phenoxy) is 1. The number of carbonyl (C=O) groups excluding carboxylic acids is 2. The van der Waals surface area contributed by atoms with Crippen LogP contribution in [0.1, 0.15) is 258 Å². The summed E-state index contributed by atoms with van der Waals surface area (Å²) in [5, 5.41) is 3.01. The SMILES string of the molecule is CC/C=C\C/C=C\C/C=C\C/C=C\C/C=C\CCCCCCCCCCCCCC(=O)OC(/C=C\CCCCCCCCCCCC)C(COP(=O)([O-])OCC[N+](C)(C)C)NC(=O)CCCCCCC\C=C/C=C/C=C/CC. The summed E-state index contributed by atoms with van der Waals surface area (Å²) < 4.78 is 30.3. The number of quaternary nitrogens is 1. The van der Waals surface area contributed by atoms with Crippen LogP contribution < -0.4 is 10.2 Å². The highest BCUT2D eigenvalue weighted by atomic mass is 31.2. The van der Waals surface area contributed by atoms with Gasteiger partial charge in [-0.3, -0.25) is 14.2 Å². The lowest BCUT2D eigenvalue weighted by Crippen LogP contribution is -2.47. The molecule has 1 N–H and O–H groups in total. The smallest absolute Gasteiger partial charge is 0.306 e. The number of phosphoric acid groups is 1. The normalized spacial score (nSPS) is 14.4. The minimum absolute atomic E-state index is 0.0318. The molecule has 0 aromatic carbocycles. The summed E-state index contributed by atoms with van der Waals surface area (Å²) in [7, 11) is 1.16. The molecule has 3 atom stereocenters. The first-order valence-corrected chi connectivity index (χ1v) is 33.2. The minimum atomic E-state index is -4.71. The maximum Gasteiger partial charge on any atom is 0.306 e. The largest absolute Gasteiger partial charge is 0.756 e. The average molecular weight is 1110 g/mol. The van der Waals surface area contributed by atoms with Crippen molar-refractivity contribution in [2.45, 2.75) is 270 Å². The first-order valence-electron chi connectivity index (χ1n) is 31.7. The fourth-order valence-corrected chi connectivity index (χ4v) is 9.39. The molecule has 0 aromatic rings. The van der Waals surface area contributed by atoms with Crippen molar-refractivity contribution in [3.05, 3.63) is 109 Å². The van der Waals surface area contributed by atoms with Gasteiger partial charge in [-0.15, -0.1) is 0 Å². The summed E-state index contributed by atoms with van der Waals surface area (Å²) in [4.78, 5) is 40.0. The van der Waals surface area contributed by atoms with Crippen LogP contribution >= 0.6 is 7.82 Å². The molecular weight excluding hydrogens is 988 g/mol. The van der Waals surface area contributed by atoms with Gasteiger partial charge in [0, 0.05) is 12.8 Å². The van der Waals surface area contributed by atoms with Crippen molar-refractivity contribution in [1.29, 1.82) is 0 Å². The highest BCUT2D eigenvalue weighted by Gasteiger charge is 2.27. The van der Waals surface area contributed by atoms with Crippen LogP contribution in [0.5, 0.6) is 0 Å². The minimum Gasteiger partial charge on any atom is -0.756 e. The van der Waals surface area contributed by atoms with E-state index in [9.17, 15) is 19.0 Å². The summed E-state index contributed by atoms with van der Waals surface area (Å²) in [5.74, 6) is -0.573. The van der Waals surface area contributed by atoms with Crippen LogP contribution in [-0.2, 0) is 27.9 Å². The number of allylic oxidation sites excluding steroid dienone is 17. The molecule has 1 amide bonds. The molecule has 78 heavy (non-hydrogen) atoms. The highest BCUT2D eigenvalue weighted by molar-refractivity contribution is 7.45. The number of likely N-dealkylation sites (N-methyl/N-ethyl adjacent to an activating group) is 1. The van der Waals surface area contributed by atoms with Gasteiger partial charge >= 0.3 is 5.97 Å². The Hall–Kier alpha value is -3.33. The van der Waals surface area contributed by atoms with E-state index < -0.39 is 26.6 Å². The predicted molar refractivity (Wildman–Crippen MR) is 334 cm³/mol. The lowest BCUT2D eigenvalue weighted by atomic mass is 10.0. The molecular formula is C68H119N2O7P. The second-order valence-electron chi connectivity index (χ2n) is 22.2. The molecule has 0 aliphatic heterocycles. The van der Waals surface area contributed by atoms with E-state index in [0.29, 0.717) is 17.4 Å². The Balaban J connectivity index is 5.10. The lowest BCUT2D eigenvalue weighted by Gasteiger charge is -2.30. The molecule has 10 heteroatoms. The summed E-state index contributed by atoms with van der Waals surface area (Å²) in [6.45, 7) is 6.57. The fourth-order valence-electron chi connectivity index (χ4n) is 8.67. The number of hydrogen-bond acceptors (Lipinski definition) is 7. The number of rotatable bonds is 56. The van der Waals surface area contributed by atoms with Gasteiger partial charge in [-0.25, -0.2) is 0 Å². The third-order valence-electron chi connectivity index (χ3n) is 13.5. The van der Waals surface area contributed by atoms with E-state index in [0.717, 1.165) is 122 Å². The van der Waals surface area contributed by atoms with Crippen LogP contribution in [0, 0.1) is 0 Å². The van der Waals surface area contributed by atoms with Crippen molar-refractivity contribution in [3.8, 4) is 0 Å². The van der Waals surface area contributed by atoms with E-state index in [1.54, 1.807) is 0 Å². The van der Waals surface area contributed by atoms with Crippen molar-refractivity contribution in [3.63, 3.8) is 0 Å². The second-order valence-corrected chi connectivity index (χ2v) is 23.6. The number of phosphoric ester groups is 1. The fraction of sp³-hybridized carbons (Fsp3) is 0.706. The Morgan fingerprint density at radius 1 is 0.474 bits per heavy atom. The van der Waals surface area contributed by atoms with Crippen molar-refractivity contribution in [1.82, 2.24) is 5.32 Å². The highest BCUT2D eigenvalue weighted by Crippen LogP contribution is 2.38. The Kier molecular flexibility index (Phi) is 54.5. The van der Waals surface area contributed by atoms with E-state index in [1.165, 1.54) is 96.3 Å². The molecule has 0 aromatic heterocycles. The summed E-state index contributed by atoms with van der Waals surface area (Å²) in [6.07, 6.45) is 77.8. The molecule has 0 radical (unpaired) electrons. The van der Waals surface area contributed by atoms with Crippen LogP contribution in [0.3, 0.4) is 0 Å². The number of amides is 1. The maximum absolute atomic E-state index is 13.5. The summed E-state index contributed by atoms with van der Waals surface area (Å²) in [5.41, 5.74) is 0. The lowest BCUT2D eigenvalue weighted by molar-refractivity contribution is -0.870. The van der Waals surface area contributed by atoms with Crippen molar-refractivity contribution < 1.29 is 37.3 Å². The van der Waals surface area contributed by atoms with Gasteiger partial charge in [0.15, 0.2) is 0 Å². The molecule has 0 rings (SSSR count). The molecule has 0 saturated carbocycles. The quantitative estimate of drug-likeness (QED) is 0.0161. The predicted octanol–water partition coefficient (Wildman–Crippen LogP) is 19.1. The molecule has 3 unspecified atom stereocenters. The monoisotopic (exact) mass is 1110 g/mol. The number of carbonyl (C=O) groups is 2. The zero-order chi connectivity index (χ0) is 57.2. The van der Waals surface area contributed by atoms with E-state index >= 15 is 0 Å². The van der Waals surface area contributed by atoms with Gasteiger partial charge in [-0.1, -0.05) is 259 Å². The second kappa shape index (κ2) is 56.9. The van der Waals surface area contributed by atoms with Gasteiger partial charge in [0.1, 0.15) is 19.3 Å². The number of nitrogens with zero attached hydrogens (tertiary/aromatic N) is 1. The zero-order valence-corrected chi connectivity index (χ0v) is 52.0. The van der Waals surface area contributed by atoms with Crippen molar-refractivity contribution >= 4 is 19.7 Å². The van der Waals surface area contributed by atoms with Crippen LogP contribution in [-0.4, -0.2) is 69.4 Å². The standard InChI is InChI=1S/C68H119N2O7P/c1-7-10-13-16-19-22-25-28-29-30-31-32-33-34-35-36-37-38-39-40-41-43-46-49-52-55-58-61-68(72)77-66(59-56-53-50-47-44-27-24-21-18-15-12-9-3)65(64-76-78(73,74)75-63-62-70(4,5)6)69-67(71)60-57-54-51-48-45-42-26-23-20-17-14-11-8-2/h10-11,13-14,17,19-20,22-23,26,28-29,31-32,34-35,56,59,65-66H,7-9,12,15-16,18,21,24-25,27,30,33,36-55,57-58,60-64H2,1-6H3,(H-,69,71,73,74)/b13-10-,14-11+,20-17+,22-19-,26-23-,29-28-,32-31-,35-34-,59-56-. The van der Waals surface area contributed by atoms with E-state index in [4.69, 9.17) is 13.8 Å². The summed E-state index contributed by atoms with van der Waals surface area (Å²) in [6, 6.07) is -0.906. The average Bonchev–Trinajstić information content (AvgIpc) is 3.40. The molecule has 0 fully saturated rings. The van der Waals surface area contributed by atoms with Gasteiger partial charge in [0.25, 0.3) is 7.82 Å². The number of hydrogen-bond donors (Lipinski definition) is 1. The Morgan fingerprint density at radius 3 is 1.37 bits per heavy atom. The van der Waals surface area contributed by atoms with Gasteiger partial charge in [0.05, 0.1) is 33.8 Å². The van der Waals surface area contributed by atoms with E-state index in [-0.39, 0.29) is 31.3 Å². The third kappa shape index (κ3) is 57.4. The van der Waals surface area contributed by atoms with Crippen LogP contribution in [0.2, 0.25) is 0 Å². The number of unbranched alkanes of at least 4 members (excludes halogenated alkanes) is 26. The maximum atomic E-state index is 13.5. The van der Waals surface area contributed by atoms with Gasteiger partial charge in [-0.2, -0.15) is 0 Å². The van der Waals surface area contributed by atoms with Crippen LogP contribution in [0.25, 0.3) is 0 Å². The molecule has 0 aliphatic rings. The molecule has 0 bridgehead atoms. The van der Waals surface area contributed by atoms with Crippen molar-refractivity contribution in [2.75, 3.05) is 40.9 Å². The van der Waals surface area contributed by atoms with Crippen LogP contribution in [0.15, 0.2) is 109 Å². The van der Waals surface area contributed by atoms with Crippen molar-refractivity contribution in [2.24, 2.45) is 0 Å². The van der Waals surface area contributed by atoms with Gasteiger partial charge in [0.2, 0.25) is 5.91 Å². The molecule has 0 spiro atoms. The Morgan fingerprint density at radius 2 is 0.885 bits per heavy atom. The van der Waals surface area contributed by atoms with Gasteiger partial charge in [-0.05, 0) is 96.0 Å². The topological polar surface area (TPSA) is 114 Å². The zero-order valence-electron chi connectivity index (χ0n) is 51.1.